The Morgan fingerprint density at radius 2 is 1.74 bits per heavy atom. The molecule has 27 heavy (non-hydrogen) atoms. The van der Waals surface area contributed by atoms with E-state index in [0.717, 1.165) is 53.2 Å². The number of aryl methyl sites for hydroxylation is 1. The molecule has 6 nitrogen and oxygen atoms in total. The number of nitrogens with one attached hydrogen (secondary N) is 2. The van der Waals surface area contributed by atoms with Crippen molar-refractivity contribution in [2.24, 2.45) is 17.4 Å². The van der Waals surface area contributed by atoms with Crippen LogP contribution in [-0.2, 0) is 13.0 Å². The van der Waals surface area contributed by atoms with Gasteiger partial charge in [-0.25, -0.2) is 4.98 Å². The highest BCUT2D eigenvalue weighted by Gasteiger charge is 2.22. The topological polar surface area (TPSA) is 118 Å². The summed E-state index contributed by atoms with van der Waals surface area (Å²) in [4.78, 5) is 4.79. The SMILES string of the molecule is N=C(N)c1ccc(-c2cccc(-c3cn4c(n3)CCC(C(=N)N)C4)c2)cc1. The normalized spacial score (nSPS) is 15.9. The molecule has 3 aromatic rings. The molecule has 1 aromatic heterocycles. The molecule has 1 aliphatic heterocycles. The number of nitrogens with zero attached hydrogens (tertiary/aromatic N) is 2. The molecule has 1 atom stereocenters. The van der Waals surface area contributed by atoms with E-state index in [1.807, 2.05) is 30.3 Å². The maximum Gasteiger partial charge on any atom is 0.122 e. The van der Waals surface area contributed by atoms with Crippen LogP contribution < -0.4 is 11.5 Å². The van der Waals surface area contributed by atoms with Gasteiger partial charge in [0.25, 0.3) is 0 Å². The summed E-state index contributed by atoms with van der Waals surface area (Å²) in [5, 5.41) is 15.2. The Hall–Kier alpha value is -3.41. The number of nitrogen functional groups attached to an aromatic ring is 1. The van der Waals surface area contributed by atoms with Gasteiger partial charge in [-0.05, 0) is 23.6 Å². The molecule has 0 amide bonds. The molecule has 2 aromatic carbocycles. The molecule has 0 fully saturated rings. The zero-order chi connectivity index (χ0) is 19.0. The molecule has 0 saturated heterocycles. The van der Waals surface area contributed by atoms with E-state index >= 15 is 0 Å². The van der Waals surface area contributed by atoms with E-state index in [4.69, 9.17) is 27.3 Å². The summed E-state index contributed by atoms with van der Waals surface area (Å²) in [7, 11) is 0. The van der Waals surface area contributed by atoms with Crippen LogP contribution in [0.2, 0.25) is 0 Å². The molecule has 136 valence electrons. The first-order valence-corrected chi connectivity index (χ1v) is 8.96. The number of hydrogen-bond donors (Lipinski definition) is 4. The van der Waals surface area contributed by atoms with E-state index in [1.54, 1.807) is 0 Å². The largest absolute Gasteiger partial charge is 0.387 e. The second kappa shape index (κ2) is 6.72. The Bertz CT molecular complexity index is 1020. The highest BCUT2D eigenvalue weighted by molar-refractivity contribution is 5.95. The van der Waals surface area contributed by atoms with Gasteiger partial charge in [-0.15, -0.1) is 0 Å². The quantitative estimate of drug-likeness (QED) is 0.424. The Balaban J connectivity index is 1.64. The summed E-state index contributed by atoms with van der Waals surface area (Å²) < 4.78 is 2.12. The molecule has 2 heterocycles. The number of nitrogens with two attached hydrogens (primary N) is 2. The van der Waals surface area contributed by atoms with Crippen molar-refractivity contribution in [3.8, 4) is 22.4 Å². The molecule has 0 radical (unpaired) electrons. The van der Waals surface area contributed by atoms with Crippen molar-refractivity contribution in [3.05, 3.63) is 66.1 Å². The van der Waals surface area contributed by atoms with Gasteiger partial charge in [-0.1, -0.05) is 42.5 Å². The van der Waals surface area contributed by atoms with Crippen molar-refractivity contribution in [2.75, 3.05) is 0 Å². The van der Waals surface area contributed by atoms with Crippen LogP contribution in [0, 0.1) is 16.7 Å². The van der Waals surface area contributed by atoms with Crippen LogP contribution in [0.3, 0.4) is 0 Å². The van der Waals surface area contributed by atoms with E-state index in [1.165, 1.54) is 0 Å². The third kappa shape index (κ3) is 3.33. The molecule has 0 aliphatic carbocycles. The molecule has 0 saturated carbocycles. The second-order valence-corrected chi connectivity index (χ2v) is 6.96. The van der Waals surface area contributed by atoms with Gasteiger partial charge in [0.1, 0.15) is 11.7 Å². The summed E-state index contributed by atoms with van der Waals surface area (Å²) in [6, 6.07) is 16.0. The Kier molecular flexibility index (Phi) is 4.24. The van der Waals surface area contributed by atoms with Crippen LogP contribution in [-0.4, -0.2) is 21.2 Å². The molecule has 4 rings (SSSR count). The summed E-state index contributed by atoms with van der Waals surface area (Å²) in [5.74, 6) is 1.49. The first-order chi connectivity index (χ1) is 13.0. The number of imidazole rings is 1. The van der Waals surface area contributed by atoms with Gasteiger partial charge in [-0.3, -0.25) is 10.8 Å². The predicted molar refractivity (Wildman–Crippen MR) is 108 cm³/mol. The molecule has 1 unspecified atom stereocenters. The second-order valence-electron chi connectivity index (χ2n) is 6.96. The molecule has 0 bridgehead atoms. The van der Waals surface area contributed by atoms with Crippen molar-refractivity contribution in [2.45, 2.75) is 19.4 Å². The van der Waals surface area contributed by atoms with Crippen LogP contribution in [0.1, 0.15) is 17.8 Å². The third-order valence-electron chi connectivity index (χ3n) is 5.12. The van der Waals surface area contributed by atoms with E-state index in [0.29, 0.717) is 0 Å². The summed E-state index contributed by atoms with van der Waals surface area (Å²) in [6.07, 6.45) is 3.78. The van der Waals surface area contributed by atoms with E-state index in [2.05, 4.69) is 29.0 Å². The maximum atomic E-state index is 7.69. The Morgan fingerprint density at radius 3 is 2.44 bits per heavy atom. The zero-order valence-corrected chi connectivity index (χ0v) is 14.9. The van der Waals surface area contributed by atoms with Crippen LogP contribution in [0.25, 0.3) is 22.4 Å². The number of benzene rings is 2. The van der Waals surface area contributed by atoms with Crippen LogP contribution in [0.15, 0.2) is 54.7 Å². The summed E-state index contributed by atoms with van der Waals surface area (Å²) in [6.45, 7) is 0.726. The van der Waals surface area contributed by atoms with Gasteiger partial charge in [0.15, 0.2) is 0 Å². The smallest absolute Gasteiger partial charge is 0.122 e. The van der Waals surface area contributed by atoms with Crippen molar-refractivity contribution in [3.63, 3.8) is 0 Å². The first kappa shape index (κ1) is 17.0. The lowest BCUT2D eigenvalue weighted by atomic mass is 9.99. The fourth-order valence-electron chi connectivity index (χ4n) is 3.54. The van der Waals surface area contributed by atoms with Crippen LogP contribution in [0.5, 0.6) is 0 Å². The summed E-state index contributed by atoms with van der Waals surface area (Å²) >= 11 is 0. The molecule has 6 heteroatoms. The predicted octanol–water partition coefficient (Wildman–Crippen LogP) is 3.00. The van der Waals surface area contributed by atoms with Gasteiger partial charge in [-0.2, -0.15) is 0 Å². The maximum absolute atomic E-state index is 7.69. The molecular formula is C21H22N6. The van der Waals surface area contributed by atoms with Gasteiger partial charge in [0, 0.05) is 36.2 Å². The third-order valence-corrected chi connectivity index (χ3v) is 5.12. The van der Waals surface area contributed by atoms with Crippen LogP contribution in [0.4, 0.5) is 0 Å². The standard InChI is InChI=1S/C21H22N6/c22-20(23)14-6-4-13(5-7-14)15-2-1-3-16(10-15)18-12-27-11-17(21(24)25)8-9-19(27)26-18/h1-7,10,12,17H,8-9,11H2,(H3,22,23)(H3,24,25). The Labute approximate surface area is 157 Å². The van der Waals surface area contributed by atoms with Crippen molar-refractivity contribution < 1.29 is 0 Å². The molecule has 0 spiro atoms. The molecule has 1 aliphatic rings. The van der Waals surface area contributed by atoms with E-state index in [-0.39, 0.29) is 17.6 Å². The van der Waals surface area contributed by atoms with Crippen molar-refractivity contribution in [1.82, 2.24) is 9.55 Å². The minimum absolute atomic E-state index is 0.0720. The number of rotatable bonds is 4. The van der Waals surface area contributed by atoms with Gasteiger partial charge >= 0.3 is 0 Å². The summed E-state index contributed by atoms with van der Waals surface area (Å²) in [5.41, 5.74) is 16.1. The highest BCUT2D eigenvalue weighted by atomic mass is 15.1. The minimum atomic E-state index is 0.0720. The molecular weight excluding hydrogens is 336 g/mol. The highest BCUT2D eigenvalue weighted by Crippen LogP contribution is 2.28. The first-order valence-electron chi connectivity index (χ1n) is 8.96. The molecule has 6 N–H and O–H groups in total. The average molecular weight is 358 g/mol. The van der Waals surface area contributed by atoms with Gasteiger partial charge < -0.3 is 16.0 Å². The number of hydrogen-bond acceptors (Lipinski definition) is 3. The van der Waals surface area contributed by atoms with Gasteiger partial charge in [0.2, 0.25) is 0 Å². The lowest BCUT2D eigenvalue weighted by molar-refractivity contribution is 0.448. The Morgan fingerprint density at radius 1 is 1.00 bits per heavy atom. The van der Waals surface area contributed by atoms with Gasteiger partial charge in [0.05, 0.1) is 11.5 Å². The number of amidine groups is 2. The van der Waals surface area contributed by atoms with E-state index < -0.39 is 0 Å². The van der Waals surface area contributed by atoms with Crippen molar-refractivity contribution >= 4 is 11.7 Å². The number of aromatic nitrogens is 2. The lowest BCUT2D eigenvalue weighted by Gasteiger charge is -2.22. The minimum Gasteiger partial charge on any atom is -0.387 e. The fraction of sp³-hybridized carbons (Fsp3) is 0.190. The fourth-order valence-corrected chi connectivity index (χ4v) is 3.54. The van der Waals surface area contributed by atoms with Crippen molar-refractivity contribution in [1.29, 1.82) is 10.8 Å². The van der Waals surface area contributed by atoms with E-state index in [9.17, 15) is 0 Å². The van der Waals surface area contributed by atoms with Crippen LogP contribution >= 0.6 is 0 Å². The number of fused-ring (bicyclic) bond motifs is 1. The zero-order valence-electron chi connectivity index (χ0n) is 14.9. The monoisotopic (exact) mass is 358 g/mol. The lowest BCUT2D eigenvalue weighted by Crippen LogP contribution is -2.30. The average Bonchev–Trinajstić information content (AvgIpc) is 3.11.